The van der Waals surface area contributed by atoms with E-state index < -0.39 is 0 Å². The summed E-state index contributed by atoms with van der Waals surface area (Å²) in [5, 5.41) is 5.69. The van der Waals surface area contributed by atoms with Gasteiger partial charge < -0.3 is 10.6 Å². The highest BCUT2D eigenvalue weighted by Crippen LogP contribution is 2.35. The third-order valence-electron chi connectivity index (χ3n) is 5.19. The first-order chi connectivity index (χ1) is 11.6. The van der Waals surface area contributed by atoms with Gasteiger partial charge in [0.2, 0.25) is 11.8 Å². The van der Waals surface area contributed by atoms with Crippen molar-refractivity contribution >= 4 is 23.2 Å². The van der Waals surface area contributed by atoms with E-state index in [0.717, 1.165) is 23.8 Å². The highest BCUT2D eigenvalue weighted by atomic mass is 16.2. The van der Waals surface area contributed by atoms with Gasteiger partial charge in [-0.1, -0.05) is 12.8 Å². The van der Waals surface area contributed by atoms with Crippen molar-refractivity contribution < 1.29 is 9.59 Å². The molecule has 0 radical (unpaired) electrons. The number of hydrogen-bond donors (Lipinski definition) is 2. The van der Waals surface area contributed by atoms with Crippen LogP contribution in [0.5, 0.6) is 0 Å². The van der Waals surface area contributed by atoms with Crippen molar-refractivity contribution in [3.05, 3.63) is 24.3 Å². The molecule has 2 fully saturated rings. The van der Waals surface area contributed by atoms with Crippen molar-refractivity contribution in [1.82, 2.24) is 4.90 Å². The normalized spacial score (nSPS) is 24.0. The van der Waals surface area contributed by atoms with Crippen LogP contribution < -0.4 is 10.6 Å². The fourth-order valence-corrected chi connectivity index (χ4v) is 4.15. The Kier molecular flexibility index (Phi) is 5.51. The lowest BCUT2D eigenvalue weighted by Crippen LogP contribution is -2.49. The summed E-state index contributed by atoms with van der Waals surface area (Å²) in [6.07, 6.45) is 7.75. The third-order valence-corrected chi connectivity index (χ3v) is 5.19. The lowest BCUT2D eigenvalue weighted by Gasteiger charge is -2.43. The first kappa shape index (κ1) is 17.0. The zero-order valence-electron chi connectivity index (χ0n) is 14.4. The predicted octanol–water partition coefficient (Wildman–Crippen LogP) is 3.24. The number of carbonyl (C=O) groups is 2. The minimum absolute atomic E-state index is 0.0495. The Morgan fingerprint density at radius 1 is 1.00 bits per heavy atom. The molecule has 1 aromatic carbocycles. The van der Waals surface area contributed by atoms with Crippen molar-refractivity contribution in [2.45, 2.75) is 51.5 Å². The monoisotopic (exact) mass is 329 g/mol. The van der Waals surface area contributed by atoms with Crippen LogP contribution in [0.4, 0.5) is 11.4 Å². The smallest absolute Gasteiger partial charge is 0.238 e. The molecule has 5 nitrogen and oxygen atoms in total. The number of rotatable bonds is 4. The fourth-order valence-electron chi connectivity index (χ4n) is 4.15. The summed E-state index contributed by atoms with van der Waals surface area (Å²) < 4.78 is 0. The molecule has 2 N–H and O–H groups in total. The average molecular weight is 329 g/mol. The molecule has 2 aliphatic rings. The molecule has 2 atom stereocenters. The van der Waals surface area contributed by atoms with Crippen LogP contribution in [-0.2, 0) is 9.59 Å². The second-order valence-electron chi connectivity index (χ2n) is 7.03. The molecule has 1 heterocycles. The van der Waals surface area contributed by atoms with Crippen LogP contribution in [0.2, 0.25) is 0 Å². The fraction of sp³-hybridized carbons (Fsp3) is 0.579. The summed E-state index contributed by atoms with van der Waals surface area (Å²) in [4.78, 5) is 25.8. The van der Waals surface area contributed by atoms with Crippen molar-refractivity contribution in [3.63, 3.8) is 0 Å². The maximum atomic E-state index is 12.4. The van der Waals surface area contributed by atoms with Crippen molar-refractivity contribution in [2.75, 3.05) is 23.7 Å². The first-order valence-corrected chi connectivity index (χ1v) is 9.03. The molecule has 2 amide bonds. The molecule has 0 bridgehead atoms. The number of carbonyl (C=O) groups excluding carboxylic acids is 2. The van der Waals surface area contributed by atoms with Crippen LogP contribution in [0.25, 0.3) is 0 Å². The van der Waals surface area contributed by atoms with Crippen LogP contribution in [0.15, 0.2) is 24.3 Å². The second kappa shape index (κ2) is 7.79. The topological polar surface area (TPSA) is 61.4 Å². The van der Waals surface area contributed by atoms with Gasteiger partial charge in [0.15, 0.2) is 0 Å². The van der Waals surface area contributed by atoms with E-state index in [-0.39, 0.29) is 11.8 Å². The molecule has 3 rings (SSSR count). The molecule has 1 saturated heterocycles. The molecule has 24 heavy (non-hydrogen) atoms. The number of benzene rings is 1. The van der Waals surface area contributed by atoms with Gasteiger partial charge in [-0.25, -0.2) is 0 Å². The number of piperidine rings is 1. The Balaban J connectivity index is 1.54. The summed E-state index contributed by atoms with van der Waals surface area (Å²) in [5.41, 5.74) is 1.51. The van der Waals surface area contributed by atoms with E-state index in [1.807, 2.05) is 12.1 Å². The number of likely N-dealkylation sites (tertiary alicyclic amines) is 1. The minimum Gasteiger partial charge on any atom is -0.326 e. The zero-order valence-corrected chi connectivity index (χ0v) is 14.4. The van der Waals surface area contributed by atoms with Gasteiger partial charge in [-0.2, -0.15) is 0 Å². The Morgan fingerprint density at radius 2 is 1.62 bits per heavy atom. The molecule has 5 heteroatoms. The summed E-state index contributed by atoms with van der Waals surface area (Å²) in [6.45, 7) is 3.00. The van der Waals surface area contributed by atoms with Gasteiger partial charge >= 0.3 is 0 Å². The minimum atomic E-state index is -0.0982. The van der Waals surface area contributed by atoms with Crippen LogP contribution >= 0.6 is 0 Å². The Morgan fingerprint density at radius 3 is 2.33 bits per heavy atom. The highest BCUT2D eigenvalue weighted by Gasteiger charge is 2.33. The molecular weight excluding hydrogens is 302 g/mol. The number of anilines is 2. The van der Waals surface area contributed by atoms with Crippen LogP contribution in [0.1, 0.15) is 45.4 Å². The van der Waals surface area contributed by atoms with E-state index in [4.69, 9.17) is 0 Å². The number of hydrogen-bond acceptors (Lipinski definition) is 3. The van der Waals surface area contributed by atoms with Gasteiger partial charge in [0, 0.05) is 24.3 Å². The standard InChI is InChI=1S/C19H27N3O2/c1-14(23)20-16-8-10-17(11-9-16)21-19(24)13-22-12-4-6-15-5-2-3-7-18(15)22/h8-11,15,18H,2-7,12-13H2,1H3,(H,20,23)(H,21,24)/t15-,18-/m0/s1. The molecule has 0 aromatic heterocycles. The Labute approximate surface area is 143 Å². The van der Waals surface area contributed by atoms with E-state index in [1.165, 1.54) is 45.4 Å². The molecule has 1 aliphatic heterocycles. The summed E-state index contributed by atoms with van der Waals surface area (Å²) in [7, 11) is 0. The molecule has 130 valence electrons. The molecule has 1 aliphatic carbocycles. The number of fused-ring (bicyclic) bond motifs is 1. The first-order valence-electron chi connectivity index (χ1n) is 9.03. The number of nitrogens with zero attached hydrogens (tertiary/aromatic N) is 1. The number of amides is 2. The summed E-state index contributed by atoms with van der Waals surface area (Å²) in [5.74, 6) is 0.740. The molecule has 0 unspecified atom stereocenters. The molecule has 0 spiro atoms. The molecule has 1 saturated carbocycles. The number of nitrogens with one attached hydrogen (secondary N) is 2. The van der Waals surface area contributed by atoms with Gasteiger partial charge in [0.25, 0.3) is 0 Å². The van der Waals surface area contributed by atoms with E-state index in [9.17, 15) is 9.59 Å². The van der Waals surface area contributed by atoms with Crippen LogP contribution in [0, 0.1) is 5.92 Å². The largest absolute Gasteiger partial charge is 0.326 e. The predicted molar refractivity (Wildman–Crippen MR) is 95.9 cm³/mol. The third kappa shape index (κ3) is 4.35. The van der Waals surface area contributed by atoms with Gasteiger partial charge in [-0.15, -0.1) is 0 Å². The SMILES string of the molecule is CC(=O)Nc1ccc(NC(=O)CN2CCC[C@@H]3CCCC[C@@H]32)cc1. The quantitative estimate of drug-likeness (QED) is 0.891. The maximum Gasteiger partial charge on any atom is 0.238 e. The van der Waals surface area contributed by atoms with Crippen LogP contribution in [-0.4, -0.2) is 35.8 Å². The Bertz CT molecular complexity index is 583. The lowest BCUT2D eigenvalue weighted by atomic mass is 9.78. The Hall–Kier alpha value is -1.88. The van der Waals surface area contributed by atoms with Crippen molar-refractivity contribution in [3.8, 4) is 0 Å². The van der Waals surface area contributed by atoms with Gasteiger partial charge in [-0.05, 0) is 62.4 Å². The van der Waals surface area contributed by atoms with E-state index in [2.05, 4.69) is 15.5 Å². The van der Waals surface area contributed by atoms with Crippen molar-refractivity contribution in [2.24, 2.45) is 5.92 Å². The maximum absolute atomic E-state index is 12.4. The summed E-state index contributed by atoms with van der Waals surface area (Å²) >= 11 is 0. The van der Waals surface area contributed by atoms with Crippen molar-refractivity contribution in [1.29, 1.82) is 0 Å². The van der Waals surface area contributed by atoms with Gasteiger partial charge in [0.1, 0.15) is 0 Å². The average Bonchev–Trinajstić information content (AvgIpc) is 2.56. The van der Waals surface area contributed by atoms with Gasteiger partial charge in [0.05, 0.1) is 6.54 Å². The van der Waals surface area contributed by atoms with Crippen LogP contribution in [0.3, 0.4) is 0 Å². The summed E-state index contributed by atoms with van der Waals surface area (Å²) in [6, 6.07) is 7.84. The second-order valence-corrected chi connectivity index (χ2v) is 7.03. The molecular formula is C19H27N3O2. The lowest BCUT2D eigenvalue weighted by molar-refractivity contribution is -0.119. The zero-order chi connectivity index (χ0) is 16.9. The van der Waals surface area contributed by atoms with Gasteiger partial charge in [-0.3, -0.25) is 14.5 Å². The highest BCUT2D eigenvalue weighted by molar-refractivity contribution is 5.93. The van der Waals surface area contributed by atoms with E-state index >= 15 is 0 Å². The van der Waals surface area contributed by atoms with E-state index in [0.29, 0.717) is 12.6 Å². The molecule has 1 aromatic rings. The van der Waals surface area contributed by atoms with E-state index in [1.54, 1.807) is 12.1 Å².